The van der Waals surface area contributed by atoms with Gasteiger partial charge in [0.25, 0.3) is 10.0 Å². The number of carbonyl (C=O) groups is 1. The van der Waals surface area contributed by atoms with E-state index in [-0.39, 0.29) is 41.4 Å². The minimum Gasteiger partial charge on any atom is -0.339 e. The number of sulfonamides is 1. The first-order valence-corrected chi connectivity index (χ1v) is 11.3. The summed E-state index contributed by atoms with van der Waals surface area (Å²) in [7, 11) is -5.67. The molecule has 3 heterocycles. The zero-order chi connectivity index (χ0) is 18.6. The minimum atomic E-state index is -3.92. The zero-order valence-corrected chi connectivity index (χ0v) is 16.0. The molecular formula is C14H22N4O5S2. The number of hydrogen-bond donors (Lipinski definition) is 0. The molecule has 9 nitrogen and oxygen atoms in total. The highest BCUT2D eigenvalue weighted by Crippen LogP contribution is 2.31. The van der Waals surface area contributed by atoms with Gasteiger partial charge in [0, 0.05) is 32.3 Å². The van der Waals surface area contributed by atoms with E-state index >= 15 is 0 Å². The second-order valence-corrected chi connectivity index (χ2v) is 10.9. The SMILES string of the molecule is CC(C)C(=O)N1CCN(S(=O)(=O)c2cn(C)cn2)[C@H]2CS(=O)(=O)C[C@H]21. The fraction of sp³-hybridized carbons (Fsp3) is 0.714. The van der Waals surface area contributed by atoms with Crippen molar-refractivity contribution >= 4 is 25.8 Å². The first-order valence-electron chi connectivity index (χ1n) is 8.03. The van der Waals surface area contributed by atoms with E-state index in [1.54, 1.807) is 20.9 Å². The summed E-state index contributed by atoms with van der Waals surface area (Å²) in [6.07, 6.45) is 2.77. The number of rotatable bonds is 3. The van der Waals surface area contributed by atoms with Crippen molar-refractivity contribution in [2.24, 2.45) is 13.0 Å². The van der Waals surface area contributed by atoms with E-state index < -0.39 is 31.9 Å². The van der Waals surface area contributed by atoms with Gasteiger partial charge in [0.05, 0.1) is 29.9 Å². The summed E-state index contributed by atoms with van der Waals surface area (Å²) in [6, 6.07) is -1.42. The van der Waals surface area contributed by atoms with Crippen LogP contribution in [0.15, 0.2) is 17.6 Å². The van der Waals surface area contributed by atoms with E-state index in [0.717, 1.165) is 0 Å². The Hall–Kier alpha value is -1.46. The molecule has 0 radical (unpaired) electrons. The average molecular weight is 390 g/mol. The lowest BCUT2D eigenvalue weighted by molar-refractivity contribution is -0.139. The molecule has 2 atom stereocenters. The summed E-state index contributed by atoms with van der Waals surface area (Å²) in [5.41, 5.74) is 0. The molecule has 25 heavy (non-hydrogen) atoms. The van der Waals surface area contributed by atoms with Gasteiger partial charge in [-0.15, -0.1) is 0 Å². The summed E-state index contributed by atoms with van der Waals surface area (Å²) >= 11 is 0. The maximum atomic E-state index is 12.9. The van der Waals surface area contributed by atoms with Crippen molar-refractivity contribution in [3.05, 3.63) is 12.5 Å². The van der Waals surface area contributed by atoms with Crippen LogP contribution in [-0.4, -0.2) is 78.2 Å². The number of amides is 1. The fourth-order valence-electron chi connectivity index (χ4n) is 3.47. The van der Waals surface area contributed by atoms with E-state index in [4.69, 9.17) is 0 Å². The first kappa shape index (κ1) is 18.3. The lowest BCUT2D eigenvalue weighted by atomic mass is 10.0. The van der Waals surface area contributed by atoms with E-state index in [1.165, 1.54) is 26.3 Å². The second kappa shape index (κ2) is 6.06. The Labute approximate surface area is 147 Å². The van der Waals surface area contributed by atoms with Gasteiger partial charge in [-0.2, -0.15) is 4.31 Å². The number of aryl methyl sites for hydroxylation is 1. The molecule has 2 aliphatic rings. The van der Waals surface area contributed by atoms with Crippen LogP contribution < -0.4 is 0 Å². The molecule has 11 heteroatoms. The third-order valence-corrected chi connectivity index (χ3v) is 8.17. The molecule has 1 aromatic heterocycles. The molecule has 0 unspecified atom stereocenters. The van der Waals surface area contributed by atoms with Crippen molar-refractivity contribution in [1.29, 1.82) is 0 Å². The highest BCUT2D eigenvalue weighted by Gasteiger charge is 2.52. The van der Waals surface area contributed by atoms with Crippen LogP contribution in [0, 0.1) is 5.92 Å². The Morgan fingerprint density at radius 1 is 1.24 bits per heavy atom. The van der Waals surface area contributed by atoms with Crippen molar-refractivity contribution < 1.29 is 21.6 Å². The van der Waals surface area contributed by atoms with E-state index in [9.17, 15) is 21.6 Å². The smallest absolute Gasteiger partial charge is 0.262 e. The van der Waals surface area contributed by atoms with E-state index in [0.29, 0.717) is 0 Å². The number of sulfone groups is 1. The Kier molecular flexibility index (Phi) is 4.44. The maximum Gasteiger partial charge on any atom is 0.262 e. The molecule has 2 fully saturated rings. The molecule has 2 aliphatic heterocycles. The van der Waals surface area contributed by atoms with Gasteiger partial charge in [0.2, 0.25) is 5.91 Å². The molecule has 0 aliphatic carbocycles. The van der Waals surface area contributed by atoms with Crippen molar-refractivity contribution in [2.75, 3.05) is 24.6 Å². The Balaban J connectivity index is 1.98. The van der Waals surface area contributed by atoms with Gasteiger partial charge in [-0.1, -0.05) is 13.8 Å². The summed E-state index contributed by atoms with van der Waals surface area (Å²) in [6.45, 7) is 3.74. The minimum absolute atomic E-state index is 0.0635. The van der Waals surface area contributed by atoms with Crippen molar-refractivity contribution in [3.8, 4) is 0 Å². The number of hydrogen-bond acceptors (Lipinski definition) is 6. The average Bonchev–Trinajstić information content (AvgIpc) is 3.07. The molecule has 0 aromatic carbocycles. The summed E-state index contributed by atoms with van der Waals surface area (Å²) in [5.74, 6) is -0.902. The predicted octanol–water partition coefficient (Wildman–Crippen LogP) is -0.925. The number of aromatic nitrogens is 2. The van der Waals surface area contributed by atoms with Crippen molar-refractivity contribution in [2.45, 2.75) is 31.0 Å². The van der Waals surface area contributed by atoms with Crippen LogP contribution in [0.3, 0.4) is 0 Å². The van der Waals surface area contributed by atoms with Crippen LogP contribution in [0.5, 0.6) is 0 Å². The number of carbonyl (C=O) groups excluding carboxylic acids is 1. The lowest BCUT2D eigenvalue weighted by Gasteiger charge is -2.43. The van der Waals surface area contributed by atoms with Gasteiger partial charge in [0.1, 0.15) is 0 Å². The number of piperazine rings is 1. The zero-order valence-electron chi connectivity index (χ0n) is 14.4. The molecule has 0 saturated carbocycles. The Bertz CT molecular complexity index is 890. The van der Waals surface area contributed by atoms with Crippen LogP contribution in [0.4, 0.5) is 0 Å². The maximum absolute atomic E-state index is 12.9. The monoisotopic (exact) mass is 390 g/mol. The van der Waals surface area contributed by atoms with Crippen LogP contribution in [0.25, 0.3) is 0 Å². The number of nitrogens with zero attached hydrogens (tertiary/aromatic N) is 4. The van der Waals surface area contributed by atoms with Gasteiger partial charge >= 0.3 is 0 Å². The quantitative estimate of drug-likeness (QED) is 0.660. The largest absolute Gasteiger partial charge is 0.339 e. The Morgan fingerprint density at radius 2 is 1.88 bits per heavy atom. The summed E-state index contributed by atoms with van der Waals surface area (Å²) < 4.78 is 52.9. The van der Waals surface area contributed by atoms with Gasteiger partial charge in [-0.3, -0.25) is 4.79 Å². The standard InChI is InChI=1S/C14H22N4O5S2/c1-10(2)14(19)17-4-5-18(12-8-24(20,21)7-11(12)17)25(22,23)13-6-16(3)9-15-13/h6,9-12H,4-5,7-8H2,1-3H3/t11-,12+/m1/s1. The summed E-state index contributed by atoms with van der Waals surface area (Å²) in [5, 5.41) is -0.110. The molecule has 140 valence electrons. The lowest BCUT2D eigenvalue weighted by Crippen LogP contribution is -2.62. The molecule has 1 amide bonds. The molecule has 0 N–H and O–H groups in total. The number of fused-ring (bicyclic) bond motifs is 1. The van der Waals surface area contributed by atoms with Crippen molar-refractivity contribution in [3.63, 3.8) is 0 Å². The fourth-order valence-corrected chi connectivity index (χ4v) is 7.16. The molecule has 0 spiro atoms. The van der Waals surface area contributed by atoms with Gasteiger partial charge in [0.15, 0.2) is 14.9 Å². The second-order valence-electron chi connectivity index (χ2n) is 6.89. The number of imidazole rings is 1. The summed E-state index contributed by atoms with van der Waals surface area (Å²) in [4.78, 5) is 17.9. The van der Waals surface area contributed by atoms with Crippen LogP contribution in [-0.2, 0) is 31.7 Å². The highest BCUT2D eigenvalue weighted by molar-refractivity contribution is 7.92. The molecule has 1 aromatic rings. The van der Waals surface area contributed by atoms with E-state index in [2.05, 4.69) is 4.98 Å². The van der Waals surface area contributed by atoms with Crippen molar-refractivity contribution in [1.82, 2.24) is 18.8 Å². The Morgan fingerprint density at radius 3 is 2.44 bits per heavy atom. The van der Waals surface area contributed by atoms with Crippen LogP contribution in [0.2, 0.25) is 0 Å². The van der Waals surface area contributed by atoms with Crippen LogP contribution in [0.1, 0.15) is 13.8 Å². The van der Waals surface area contributed by atoms with E-state index in [1.807, 2.05) is 0 Å². The highest BCUT2D eigenvalue weighted by atomic mass is 32.2. The third-order valence-electron chi connectivity index (χ3n) is 4.66. The van der Waals surface area contributed by atoms with Crippen LogP contribution >= 0.6 is 0 Å². The first-order chi connectivity index (χ1) is 11.5. The normalized spacial score (nSPS) is 26.8. The molecule has 0 bridgehead atoms. The predicted molar refractivity (Wildman–Crippen MR) is 89.9 cm³/mol. The molecule has 2 saturated heterocycles. The van der Waals surface area contributed by atoms with Gasteiger partial charge in [-0.25, -0.2) is 21.8 Å². The topological polar surface area (TPSA) is 110 Å². The third kappa shape index (κ3) is 3.20. The molecular weight excluding hydrogens is 368 g/mol. The van der Waals surface area contributed by atoms with Gasteiger partial charge < -0.3 is 9.47 Å². The van der Waals surface area contributed by atoms with Gasteiger partial charge in [-0.05, 0) is 0 Å². The molecule has 3 rings (SSSR count).